The van der Waals surface area contributed by atoms with Crippen molar-refractivity contribution in [3.8, 4) is 0 Å². The summed E-state index contributed by atoms with van der Waals surface area (Å²) in [5.41, 5.74) is 0. The molecule has 0 aliphatic heterocycles. The molecule has 1 unspecified atom stereocenters. The van der Waals surface area contributed by atoms with E-state index in [1.807, 2.05) is 27.7 Å². The predicted octanol–water partition coefficient (Wildman–Crippen LogP) is 2.39. The van der Waals surface area contributed by atoms with Gasteiger partial charge in [-0.2, -0.15) is 0 Å². The van der Waals surface area contributed by atoms with Gasteiger partial charge < -0.3 is 20.1 Å². The lowest BCUT2D eigenvalue weighted by Crippen LogP contribution is -2.46. The lowest BCUT2D eigenvalue weighted by molar-refractivity contribution is -0.148. The Kier molecular flexibility index (Phi) is 12.6. The predicted molar refractivity (Wildman–Crippen MR) is 91.5 cm³/mol. The van der Waals surface area contributed by atoms with Gasteiger partial charge in [0.05, 0.1) is 13.2 Å². The number of carbonyl (C=O) groups excluding carboxylic acids is 3. The van der Waals surface area contributed by atoms with Gasteiger partial charge in [-0.3, -0.25) is 4.79 Å². The molecule has 0 saturated carbocycles. The monoisotopic (exact) mass is 344 g/mol. The fourth-order valence-corrected chi connectivity index (χ4v) is 1.86. The van der Waals surface area contributed by atoms with E-state index < -0.39 is 24.0 Å². The van der Waals surface area contributed by atoms with Crippen molar-refractivity contribution >= 4 is 18.0 Å². The number of unbranched alkanes of at least 4 members (excludes halogenated alkanes) is 2. The Bertz CT molecular complexity index is 385. The molecule has 0 fully saturated rings. The molecule has 0 heterocycles. The first-order chi connectivity index (χ1) is 11.4. The molecule has 0 aliphatic carbocycles. The highest BCUT2D eigenvalue weighted by Gasteiger charge is 2.23. The quantitative estimate of drug-likeness (QED) is 0.419. The molecule has 0 aliphatic rings. The maximum Gasteiger partial charge on any atom is 0.407 e. The largest absolute Gasteiger partial charge is 0.464 e. The lowest BCUT2D eigenvalue weighted by atomic mass is 10.0. The molecule has 0 spiro atoms. The summed E-state index contributed by atoms with van der Waals surface area (Å²) in [7, 11) is 0. The highest BCUT2D eigenvalue weighted by Crippen LogP contribution is 2.07. The summed E-state index contributed by atoms with van der Waals surface area (Å²) in [6.07, 6.45) is 3.27. The molecule has 140 valence electrons. The number of nitrogens with one attached hydrogen (secondary N) is 2. The van der Waals surface area contributed by atoms with Crippen LogP contribution in [0.4, 0.5) is 4.79 Å². The smallest absolute Gasteiger partial charge is 0.407 e. The second-order valence-corrected chi connectivity index (χ2v) is 6.11. The van der Waals surface area contributed by atoms with Crippen molar-refractivity contribution in [3.63, 3.8) is 0 Å². The molecule has 0 aromatic carbocycles. The zero-order chi connectivity index (χ0) is 18.4. The number of rotatable bonds is 12. The van der Waals surface area contributed by atoms with E-state index in [0.29, 0.717) is 19.6 Å². The topological polar surface area (TPSA) is 93.7 Å². The van der Waals surface area contributed by atoms with Crippen LogP contribution in [-0.4, -0.2) is 43.8 Å². The van der Waals surface area contributed by atoms with Crippen LogP contribution in [0.1, 0.15) is 59.8 Å². The normalized spacial score (nSPS) is 11.7. The fraction of sp³-hybridized carbons (Fsp3) is 0.824. The van der Waals surface area contributed by atoms with Crippen LogP contribution in [0, 0.1) is 5.92 Å². The summed E-state index contributed by atoms with van der Waals surface area (Å²) in [5, 5.41) is 4.98. The maximum atomic E-state index is 12.1. The Balaban J connectivity index is 4.28. The number of hydrogen-bond acceptors (Lipinski definition) is 5. The Morgan fingerprint density at radius 2 is 1.54 bits per heavy atom. The summed E-state index contributed by atoms with van der Waals surface area (Å²) >= 11 is 0. The summed E-state index contributed by atoms with van der Waals surface area (Å²) in [6, 6.07) is -0.702. The van der Waals surface area contributed by atoms with Gasteiger partial charge in [0.2, 0.25) is 5.91 Å². The van der Waals surface area contributed by atoms with Crippen LogP contribution in [0.2, 0.25) is 0 Å². The molecule has 2 N–H and O–H groups in total. The van der Waals surface area contributed by atoms with Crippen molar-refractivity contribution in [1.29, 1.82) is 0 Å². The Labute approximate surface area is 144 Å². The van der Waals surface area contributed by atoms with Gasteiger partial charge in [-0.25, -0.2) is 9.59 Å². The molecule has 0 bridgehead atoms. The van der Waals surface area contributed by atoms with Crippen LogP contribution in [-0.2, 0) is 19.1 Å². The van der Waals surface area contributed by atoms with Crippen molar-refractivity contribution in [3.05, 3.63) is 0 Å². The average molecular weight is 344 g/mol. The Hall–Kier alpha value is -1.79. The van der Waals surface area contributed by atoms with Crippen LogP contribution in [0.25, 0.3) is 0 Å². The summed E-state index contributed by atoms with van der Waals surface area (Å²) in [4.78, 5) is 35.4. The number of esters is 1. The van der Waals surface area contributed by atoms with Crippen molar-refractivity contribution in [2.75, 3.05) is 19.8 Å². The second kappa shape index (κ2) is 13.6. The minimum atomic E-state index is -0.702. The van der Waals surface area contributed by atoms with Gasteiger partial charge in [0, 0.05) is 0 Å². The zero-order valence-electron chi connectivity index (χ0n) is 15.4. The average Bonchev–Trinajstić information content (AvgIpc) is 2.52. The summed E-state index contributed by atoms with van der Waals surface area (Å²) in [5.74, 6) is -0.655. The minimum Gasteiger partial charge on any atom is -0.464 e. The SMILES string of the molecule is CCCCOC(=O)NCC(=O)NC(CC(C)C)C(=O)OCCCC. The van der Waals surface area contributed by atoms with Gasteiger partial charge in [0.25, 0.3) is 0 Å². The van der Waals surface area contributed by atoms with Gasteiger partial charge in [0.15, 0.2) is 0 Å². The Morgan fingerprint density at radius 3 is 2.08 bits per heavy atom. The maximum absolute atomic E-state index is 12.1. The van der Waals surface area contributed by atoms with Crippen LogP contribution >= 0.6 is 0 Å². The number of ether oxygens (including phenoxy) is 2. The lowest BCUT2D eigenvalue weighted by Gasteiger charge is -2.19. The molecule has 7 heteroatoms. The second-order valence-electron chi connectivity index (χ2n) is 6.11. The van der Waals surface area contributed by atoms with E-state index in [2.05, 4.69) is 10.6 Å². The molecule has 0 aromatic heterocycles. The van der Waals surface area contributed by atoms with Crippen LogP contribution in [0.5, 0.6) is 0 Å². The van der Waals surface area contributed by atoms with Crippen LogP contribution in [0.15, 0.2) is 0 Å². The number of amides is 2. The van der Waals surface area contributed by atoms with E-state index in [1.54, 1.807) is 0 Å². The van der Waals surface area contributed by atoms with Crippen LogP contribution < -0.4 is 10.6 Å². The van der Waals surface area contributed by atoms with E-state index in [-0.39, 0.29) is 12.5 Å². The molecule has 0 saturated heterocycles. The highest BCUT2D eigenvalue weighted by molar-refractivity contribution is 5.87. The molecule has 0 rings (SSSR count). The van der Waals surface area contributed by atoms with Crippen molar-refractivity contribution in [1.82, 2.24) is 10.6 Å². The number of carbonyl (C=O) groups is 3. The van der Waals surface area contributed by atoms with E-state index in [4.69, 9.17) is 9.47 Å². The van der Waals surface area contributed by atoms with E-state index in [0.717, 1.165) is 25.7 Å². The van der Waals surface area contributed by atoms with Crippen molar-refractivity contribution < 1.29 is 23.9 Å². The molecule has 7 nitrogen and oxygen atoms in total. The number of alkyl carbamates (subject to hydrolysis) is 1. The molecule has 2 amide bonds. The van der Waals surface area contributed by atoms with Crippen LogP contribution in [0.3, 0.4) is 0 Å². The van der Waals surface area contributed by atoms with Gasteiger partial charge in [-0.1, -0.05) is 40.5 Å². The summed E-state index contributed by atoms with van der Waals surface area (Å²) in [6.45, 7) is 8.35. The molecule has 1 atom stereocenters. The first-order valence-electron chi connectivity index (χ1n) is 8.77. The van der Waals surface area contributed by atoms with Gasteiger partial charge in [-0.15, -0.1) is 0 Å². The molecular weight excluding hydrogens is 312 g/mol. The van der Waals surface area contributed by atoms with Gasteiger partial charge in [-0.05, 0) is 25.2 Å². The third-order valence-electron chi connectivity index (χ3n) is 3.19. The molecular formula is C17H32N2O5. The minimum absolute atomic E-state index is 0.223. The van der Waals surface area contributed by atoms with E-state index in [1.165, 1.54) is 0 Å². The molecule has 0 aromatic rings. The van der Waals surface area contributed by atoms with E-state index >= 15 is 0 Å². The van der Waals surface area contributed by atoms with Crippen molar-refractivity contribution in [2.45, 2.75) is 65.8 Å². The first kappa shape index (κ1) is 22.2. The third-order valence-corrected chi connectivity index (χ3v) is 3.19. The van der Waals surface area contributed by atoms with Gasteiger partial charge in [0.1, 0.15) is 12.6 Å². The highest BCUT2D eigenvalue weighted by atomic mass is 16.5. The Morgan fingerprint density at radius 1 is 0.958 bits per heavy atom. The molecule has 24 heavy (non-hydrogen) atoms. The summed E-state index contributed by atoms with van der Waals surface area (Å²) < 4.78 is 10.1. The van der Waals surface area contributed by atoms with Crippen molar-refractivity contribution in [2.24, 2.45) is 5.92 Å². The third kappa shape index (κ3) is 11.7. The zero-order valence-corrected chi connectivity index (χ0v) is 15.4. The fourth-order valence-electron chi connectivity index (χ4n) is 1.86. The standard InChI is InChI=1S/C17H32N2O5/c1-5-7-9-23-16(21)14(11-13(3)4)19-15(20)12-18-17(22)24-10-8-6-2/h13-14H,5-12H2,1-4H3,(H,18,22)(H,19,20). The first-order valence-corrected chi connectivity index (χ1v) is 8.77. The van der Waals surface area contributed by atoms with Gasteiger partial charge >= 0.3 is 12.1 Å². The number of hydrogen-bond donors (Lipinski definition) is 2. The molecule has 0 radical (unpaired) electrons. The van der Waals surface area contributed by atoms with E-state index in [9.17, 15) is 14.4 Å².